The van der Waals surface area contributed by atoms with Gasteiger partial charge in [0.15, 0.2) is 5.78 Å². The van der Waals surface area contributed by atoms with Crippen LogP contribution in [0.1, 0.15) is 35.2 Å². The lowest BCUT2D eigenvalue weighted by Gasteiger charge is -2.10. The molecule has 5 nitrogen and oxygen atoms in total. The number of phenolic OH excluding ortho intramolecular Hbond substituents is 1. The maximum atomic E-state index is 12.5. The van der Waals surface area contributed by atoms with E-state index in [1.807, 2.05) is 49.9 Å². The summed E-state index contributed by atoms with van der Waals surface area (Å²) in [4.78, 5) is 16.6. The van der Waals surface area contributed by atoms with E-state index in [0.29, 0.717) is 11.4 Å². The van der Waals surface area contributed by atoms with Crippen LogP contribution in [0.3, 0.4) is 0 Å². The van der Waals surface area contributed by atoms with Crippen LogP contribution in [0.4, 0.5) is 11.4 Å². The molecule has 1 radical (unpaired) electrons. The summed E-state index contributed by atoms with van der Waals surface area (Å²) in [5.41, 5.74) is 4.00. The second kappa shape index (κ2) is 9.30. The SMILES string of the molecule is CN1[CH]N(C)c2cc(C(=O)CCCCNCCc3ccc(O)cc3Cl)ccc21. The molecule has 0 spiro atoms. The Labute approximate surface area is 171 Å². The number of nitrogens with one attached hydrogen (secondary N) is 1. The Morgan fingerprint density at radius 2 is 1.82 bits per heavy atom. The molecule has 1 aliphatic heterocycles. The average molecular weight is 401 g/mol. The van der Waals surface area contributed by atoms with Gasteiger partial charge in [-0.3, -0.25) is 4.79 Å². The monoisotopic (exact) mass is 400 g/mol. The Bertz CT molecular complexity index is 841. The zero-order chi connectivity index (χ0) is 20.1. The minimum atomic E-state index is 0.187. The molecule has 28 heavy (non-hydrogen) atoms. The number of phenols is 1. The topological polar surface area (TPSA) is 55.8 Å². The number of aromatic hydroxyl groups is 1. The number of anilines is 2. The van der Waals surface area contributed by atoms with Crippen molar-refractivity contribution in [2.75, 3.05) is 37.0 Å². The number of benzene rings is 2. The summed E-state index contributed by atoms with van der Waals surface area (Å²) in [7, 11) is 4.00. The minimum Gasteiger partial charge on any atom is -0.508 e. The summed E-state index contributed by atoms with van der Waals surface area (Å²) in [6.07, 6.45) is 3.20. The third kappa shape index (κ3) is 4.97. The van der Waals surface area contributed by atoms with E-state index in [1.54, 1.807) is 12.1 Å². The van der Waals surface area contributed by atoms with Crippen LogP contribution in [0, 0.1) is 6.67 Å². The van der Waals surface area contributed by atoms with Crippen LogP contribution in [-0.4, -0.2) is 38.1 Å². The first-order chi connectivity index (χ1) is 13.5. The number of carbonyl (C=O) groups excluding carboxylic acids is 1. The van der Waals surface area contributed by atoms with Gasteiger partial charge in [-0.05, 0) is 68.2 Å². The molecule has 0 aliphatic carbocycles. The van der Waals surface area contributed by atoms with Gasteiger partial charge in [-0.15, -0.1) is 0 Å². The lowest BCUT2D eigenvalue weighted by atomic mass is 10.0. The summed E-state index contributed by atoms with van der Waals surface area (Å²) in [5, 5.41) is 13.3. The molecule has 0 saturated heterocycles. The number of Topliss-reactive ketones (excluding diaryl/α,β-unsaturated/α-hetero) is 1. The van der Waals surface area contributed by atoms with E-state index in [2.05, 4.69) is 10.2 Å². The van der Waals surface area contributed by atoms with Gasteiger partial charge in [0, 0.05) is 31.1 Å². The van der Waals surface area contributed by atoms with Crippen molar-refractivity contribution in [1.82, 2.24) is 5.32 Å². The normalized spacial score (nSPS) is 13.1. The number of ketones is 1. The van der Waals surface area contributed by atoms with Gasteiger partial charge in [0.2, 0.25) is 0 Å². The molecule has 2 aromatic rings. The number of carbonyl (C=O) groups is 1. The van der Waals surface area contributed by atoms with Gasteiger partial charge in [0.25, 0.3) is 0 Å². The highest BCUT2D eigenvalue weighted by atomic mass is 35.5. The van der Waals surface area contributed by atoms with Crippen molar-refractivity contribution in [3.63, 3.8) is 0 Å². The predicted molar refractivity (Wildman–Crippen MR) is 115 cm³/mol. The van der Waals surface area contributed by atoms with Gasteiger partial charge in [0.05, 0.1) is 11.4 Å². The first kappa shape index (κ1) is 20.5. The maximum absolute atomic E-state index is 12.5. The maximum Gasteiger partial charge on any atom is 0.162 e. The second-order valence-corrected chi connectivity index (χ2v) is 7.60. The molecule has 2 aromatic carbocycles. The number of halogens is 1. The highest BCUT2D eigenvalue weighted by Crippen LogP contribution is 2.36. The molecular weight excluding hydrogens is 374 g/mol. The standard InChI is InChI=1S/C22H27ClN3O2/c1-25-15-26(2)21-13-17(7-9-20(21)25)22(28)5-3-4-11-24-12-10-16-6-8-18(27)14-19(16)23/h6-9,13-15,24,27H,3-5,10-12H2,1-2H3. The molecule has 2 N–H and O–H groups in total. The number of hydrogen-bond donors (Lipinski definition) is 2. The Morgan fingerprint density at radius 3 is 2.61 bits per heavy atom. The van der Waals surface area contributed by atoms with Gasteiger partial charge in [-0.2, -0.15) is 0 Å². The van der Waals surface area contributed by atoms with Crippen molar-refractivity contribution >= 4 is 28.8 Å². The van der Waals surface area contributed by atoms with E-state index in [4.69, 9.17) is 11.6 Å². The highest BCUT2D eigenvalue weighted by molar-refractivity contribution is 6.31. The number of hydrogen-bond acceptors (Lipinski definition) is 5. The van der Waals surface area contributed by atoms with Crippen LogP contribution in [0.5, 0.6) is 5.75 Å². The first-order valence-electron chi connectivity index (χ1n) is 9.62. The Morgan fingerprint density at radius 1 is 1.04 bits per heavy atom. The van der Waals surface area contributed by atoms with E-state index >= 15 is 0 Å². The van der Waals surface area contributed by atoms with Crippen molar-refractivity contribution in [1.29, 1.82) is 0 Å². The third-order valence-corrected chi connectivity index (χ3v) is 5.37. The quantitative estimate of drug-likeness (QED) is 0.487. The molecule has 0 atom stereocenters. The molecule has 0 unspecified atom stereocenters. The molecule has 0 amide bonds. The number of unbranched alkanes of at least 4 members (excludes halogenated alkanes) is 1. The molecule has 0 saturated carbocycles. The van der Waals surface area contributed by atoms with E-state index in [-0.39, 0.29) is 11.5 Å². The Kier molecular flexibility index (Phi) is 6.81. The minimum absolute atomic E-state index is 0.187. The fraction of sp³-hybridized carbons (Fsp3) is 0.364. The molecule has 149 valence electrons. The van der Waals surface area contributed by atoms with Crippen LogP contribution < -0.4 is 15.1 Å². The van der Waals surface area contributed by atoms with Crippen LogP contribution in [0.2, 0.25) is 5.02 Å². The summed E-state index contributed by atoms with van der Waals surface area (Å²) in [6.45, 7) is 3.70. The largest absolute Gasteiger partial charge is 0.508 e. The number of nitrogens with zero attached hydrogens (tertiary/aromatic N) is 2. The van der Waals surface area contributed by atoms with Gasteiger partial charge in [-0.25, -0.2) is 0 Å². The van der Waals surface area contributed by atoms with E-state index in [0.717, 1.165) is 54.9 Å². The molecule has 6 heteroatoms. The van der Waals surface area contributed by atoms with Crippen LogP contribution >= 0.6 is 11.6 Å². The van der Waals surface area contributed by atoms with Crippen molar-refractivity contribution in [2.24, 2.45) is 0 Å². The first-order valence-corrected chi connectivity index (χ1v) is 9.99. The number of rotatable bonds is 9. The van der Waals surface area contributed by atoms with Gasteiger partial charge >= 0.3 is 0 Å². The smallest absolute Gasteiger partial charge is 0.162 e. The van der Waals surface area contributed by atoms with Crippen molar-refractivity contribution in [2.45, 2.75) is 25.7 Å². The lowest BCUT2D eigenvalue weighted by molar-refractivity contribution is 0.0979. The van der Waals surface area contributed by atoms with Crippen LogP contribution in [0.15, 0.2) is 36.4 Å². The van der Waals surface area contributed by atoms with E-state index < -0.39 is 0 Å². The molecule has 3 rings (SSSR count). The van der Waals surface area contributed by atoms with E-state index in [1.165, 1.54) is 0 Å². The predicted octanol–water partition coefficient (Wildman–Crippen LogP) is 4.24. The number of fused-ring (bicyclic) bond motifs is 1. The molecule has 1 heterocycles. The highest BCUT2D eigenvalue weighted by Gasteiger charge is 2.22. The second-order valence-electron chi connectivity index (χ2n) is 7.20. The molecule has 0 aromatic heterocycles. The third-order valence-electron chi connectivity index (χ3n) is 5.02. The van der Waals surface area contributed by atoms with Crippen molar-refractivity contribution < 1.29 is 9.90 Å². The zero-order valence-corrected chi connectivity index (χ0v) is 17.2. The summed E-state index contributed by atoms with van der Waals surface area (Å²) in [5.74, 6) is 0.383. The molecular formula is C22H27ClN3O2. The lowest BCUT2D eigenvalue weighted by Crippen LogP contribution is -2.18. The summed E-state index contributed by atoms with van der Waals surface area (Å²) < 4.78 is 0. The molecule has 0 fully saturated rings. The Balaban J connectivity index is 1.35. The fourth-order valence-corrected chi connectivity index (χ4v) is 3.70. The average Bonchev–Trinajstić information content (AvgIpc) is 2.95. The van der Waals surface area contributed by atoms with Crippen LogP contribution in [0.25, 0.3) is 0 Å². The summed E-state index contributed by atoms with van der Waals surface area (Å²) in [6, 6.07) is 11.0. The summed E-state index contributed by atoms with van der Waals surface area (Å²) >= 11 is 6.10. The molecule has 0 bridgehead atoms. The van der Waals surface area contributed by atoms with Gasteiger partial charge in [0.1, 0.15) is 12.4 Å². The molecule has 1 aliphatic rings. The van der Waals surface area contributed by atoms with Crippen molar-refractivity contribution in [3.8, 4) is 5.75 Å². The Hall–Kier alpha value is -2.24. The van der Waals surface area contributed by atoms with Gasteiger partial charge < -0.3 is 20.2 Å². The van der Waals surface area contributed by atoms with E-state index in [9.17, 15) is 9.90 Å². The van der Waals surface area contributed by atoms with Crippen LogP contribution in [-0.2, 0) is 6.42 Å². The van der Waals surface area contributed by atoms with Crippen molar-refractivity contribution in [3.05, 3.63) is 59.2 Å². The van der Waals surface area contributed by atoms with Gasteiger partial charge in [-0.1, -0.05) is 17.7 Å². The zero-order valence-electron chi connectivity index (χ0n) is 16.4. The fourth-order valence-electron chi connectivity index (χ4n) is 3.43.